The van der Waals surface area contributed by atoms with Gasteiger partial charge in [0.2, 0.25) is 10.0 Å². The van der Waals surface area contributed by atoms with Gasteiger partial charge in [0.15, 0.2) is 0 Å². The Morgan fingerprint density at radius 1 is 1.43 bits per heavy atom. The first-order valence-corrected chi connectivity index (χ1v) is 8.86. The molecular formula is C15H20N2O3S. The lowest BCUT2D eigenvalue weighted by atomic mass is 9.70. The smallest absolute Gasteiger partial charge is 0.233 e. The molecule has 1 aromatic rings. The van der Waals surface area contributed by atoms with Gasteiger partial charge in [-0.1, -0.05) is 13.8 Å². The Hall–Kier alpha value is -1.43. The van der Waals surface area contributed by atoms with E-state index in [1.165, 1.54) is 6.20 Å². The predicted octanol–water partition coefficient (Wildman–Crippen LogP) is 2.22. The molecule has 5 nitrogen and oxygen atoms in total. The molecule has 2 atom stereocenters. The minimum atomic E-state index is -3.58. The number of aromatic nitrogens is 1. The Morgan fingerprint density at radius 3 is 2.71 bits per heavy atom. The number of rotatable bonds is 4. The molecule has 1 heterocycles. The van der Waals surface area contributed by atoms with Gasteiger partial charge in [-0.2, -0.15) is 0 Å². The van der Waals surface area contributed by atoms with Crippen molar-refractivity contribution < 1.29 is 13.2 Å². The van der Waals surface area contributed by atoms with E-state index in [4.69, 9.17) is 0 Å². The van der Waals surface area contributed by atoms with Crippen molar-refractivity contribution >= 4 is 21.5 Å². The summed E-state index contributed by atoms with van der Waals surface area (Å²) >= 11 is 0. The Bertz CT molecular complexity index is 669. The number of nitrogens with one attached hydrogen (secondary N) is 1. The third-order valence-corrected chi connectivity index (χ3v) is 6.93. The summed E-state index contributed by atoms with van der Waals surface area (Å²) in [6, 6.07) is 3.33. The SMILES string of the molecule is CC1(C)[C@H]2CC[C@@]1(CS(=O)(=O)Nc1cccnc1)C(=O)C2. The van der Waals surface area contributed by atoms with Gasteiger partial charge in [-0.15, -0.1) is 0 Å². The lowest BCUT2D eigenvalue weighted by molar-refractivity contribution is -0.128. The van der Waals surface area contributed by atoms with Gasteiger partial charge in [0.05, 0.1) is 23.1 Å². The molecule has 2 saturated carbocycles. The molecule has 0 amide bonds. The van der Waals surface area contributed by atoms with Crippen molar-refractivity contribution in [3.63, 3.8) is 0 Å². The summed E-state index contributed by atoms with van der Waals surface area (Å²) in [5.41, 5.74) is -0.536. The zero-order valence-corrected chi connectivity index (χ0v) is 13.1. The number of ketones is 1. The van der Waals surface area contributed by atoms with Crippen LogP contribution in [0.25, 0.3) is 0 Å². The number of nitrogens with zero attached hydrogens (tertiary/aromatic N) is 1. The van der Waals surface area contributed by atoms with Gasteiger partial charge in [-0.25, -0.2) is 8.42 Å². The van der Waals surface area contributed by atoms with Gasteiger partial charge in [0, 0.05) is 12.6 Å². The van der Waals surface area contributed by atoms with E-state index in [2.05, 4.69) is 9.71 Å². The van der Waals surface area contributed by atoms with E-state index in [0.717, 1.165) is 6.42 Å². The van der Waals surface area contributed by atoms with Crippen LogP contribution in [-0.4, -0.2) is 24.9 Å². The van der Waals surface area contributed by atoms with E-state index in [1.807, 2.05) is 13.8 Å². The maximum atomic E-state index is 12.5. The Labute approximate surface area is 125 Å². The number of sulfonamides is 1. The van der Waals surface area contributed by atoms with Crippen molar-refractivity contribution in [2.75, 3.05) is 10.5 Å². The maximum Gasteiger partial charge on any atom is 0.233 e. The lowest BCUT2D eigenvalue weighted by Gasteiger charge is -2.36. The molecule has 0 aromatic carbocycles. The summed E-state index contributed by atoms with van der Waals surface area (Å²) < 4.78 is 27.5. The van der Waals surface area contributed by atoms with Gasteiger partial charge >= 0.3 is 0 Å². The summed E-state index contributed by atoms with van der Waals surface area (Å²) in [4.78, 5) is 16.3. The molecule has 0 saturated heterocycles. The first-order chi connectivity index (χ1) is 9.77. The van der Waals surface area contributed by atoms with Crippen LogP contribution in [0.15, 0.2) is 24.5 Å². The second-order valence-corrected chi connectivity index (χ2v) is 8.49. The summed E-state index contributed by atoms with van der Waals surface area (Å²) in [6.45, 7) is 4.07. The second kappa shape index (κ2) is 4.53. The molecule has 2 fully saturated rings. The summed E-state index contributed by atoms with van der Waals surface area (Å²) in [5.74, 6) is 0.302. The molecule has 0 aliphatic heterocycles. The molecule has 21 heavy (non-hydrogen) atoms. The van der Waals surface area contributed by atoms with Crippen molar-refractivity contribution in [3.05, 3.63) is 24.5 Å². The molecule has 6 heteroatoms. The van der Waals surface area contributed by atoms with E-state index in [1.54, 1.807) is 18.3 Å². The van der Waals surface area contributed by atoms with Crippen LogP contribution >= 0.6 is 0 Å². The van der Waals surface area contributed by atoms with Crippen LogP contribution in [0.3, 0.4) is 0 Å². The fourth-order valence-electron chi connectivity index (χ4n) is 4.07. The number of pyridine rings is 1. The number of Topliss-reactive ketones (excluding diaryl/α,β-unsaturated/α-hetero) is 1. The first-order valence-electron chi connectivity index (χ1n) is 7.21. The number of hydrogen-bond acceptors (Lipinski definition) is 4. The standard InChI is InChI=1S/C15H20N2O3S/c1-14(2)11-5-6-15(14,13(18)8-11)10-21(19,20)17-12-4-3-7-16-9-12/h3-4,7,9,11,17H,5-6,8,10H2,1-2H3/t11-,15+/m0/s1. The van der Waals surface area contributed by atoms with Crippen molar-refractivity contribution in [1.82, 2.24) is 4.98 Å². The average molecular weight is 308 g/mol. The van der Waals surface area contributed by atoms with Crippen LogP contribution in [0.2, 0.25) is 0 Å². The van der Waals surface area contributed by atoms with E-state index in [0.29, 0.717) is 24.4 Å². The van der Waals surface area contributed by atoms with Crippen molar-refractivity contribution in [3.8, 4) is 0 Å². The lowest BCUT2D eigenvalue weighted by Crippen LogP contribution is -2.43. The largest absolute Gasteiger partial charge is 0.299 e. The topological polar surface area (TPSA) is 76.1 Å². The maximum absolute atomic E-state index is 12.5. The Balaban J connectivity index is 1.87. The highest BCUT2D eigenvalue weighted by molar-refractivity contribution is 7.92. The number of hydrogen-bond donors (Lipinski definition) is 1. The second-order valence-electron chi connectivity index (χ2n) is 6.77. The molecule has 2 bridgehead atoms. The summed E-state index contributed by atoms with van der Waals surface area (Å²) in [7, 11) is -3.58. The third kappa shape index (κ3) is 2.16. The zero-order valence-electron chi connectivity index (χ0n) is 12.3. The number of fused-ring (bicyclic) bond motifs is 2. The van der Waals surface area contributed by atoms with Gasteiger partial charge in [-0.3, -0.25) is 14.5 Å². The van der Waals surface area contributed by atoms with Crippen molar-refractivity contribution in [2.45, 2.75) is 33.1 Å². The highest BCUT2D eigenvalue weighted by Gasteiger charge is 2.65. The van der Waals surface area contributed by atoms with Crippen LogP contribution in [0.5, 0.6) is 0 Å². The van der Waals surface area contributed by atoms with Crippen molar-refractivity contribution in [2.24, 2.45) is 16.7 Å². The van der Waals surface area contributed by atoms with Gasteiger partial charge in [-0.05, 0) is 36.3 Å². The minimum Gasteiger partial charge on any atom is -0.299 e. The molecular weight excluding hydrogens is 288 g/mol. The fourth-order valence-corrected chi connectivity index (χ4v) is 5.95. The summed E-state index contributed by atoms with van der Waals surface area (Å²) in [6.07, 6.45) is 5.20. The van der Waals surface area contributed by atoms with E-state index in [9.17, 15) is 13.2 Å². The van der Waals surface area contributed by atoms with Crippen LogP contribution < -0.4 is 4.72 Å². The summed E-state index contributed by atoms with van der Waals surface area (Å²) in [5, 5.41) is 0. The molecule has 2 aliphatic rings. The van der Waals surface area contributed by atoms with Gasteiger partial charge in [0.25, 0.3) is 0 Å². The van der Waals surface area contributed by atoms with Crippen LogP contribution in [0.4, 0.5) is 5.69 Å². The van der Waals surface area contributed by atoms with E-state index in [-0.39, 0.29) is 17.0 Å². The highest BCUT2D eigenvalue weighted by Crippen LogP contribution is 2.64. The molecule has 1 aromatic heterocycles. The van der Waals surface area contributed by atoms with Gasteiger partial charge in [0.1, 0.15) is 5.78 Å². The highest BCUT2D eigenvalue weighted by atomic mass is 32.2. The van der Waals surface area contributed by atoms with Crippen LogP contribution in [0, 0.1) is 16.7 Å². The zero-order chi connectivity index (χ0) is 15.3. The number of anilines is 1. The molecule has 0 spiro atoms. The third-order valence-electron chi connectivity index (χ3n) is 5.51. The minimum absolute atomic E-state index is 0.111. The van der Waals surface area contributed by atoms with Gasteiger partial charge < -0.3 is 0 Å². The molecule has 0 radical (unpaired) electrons. The fraction of sp³-hybridized carbons (Fsp3) is 0.600. The first kappa shape index (κ1) is 14.5. The molecule has 114 valence electrons. The number of carbonyl (C=O) groups is 1. The van der Waals surface area contributed by atoms with E-state index >= 15 is 0 Å². The molecule has 1 N–H and O–H groups in total. The molecule has 0 unspecified atom stereocenters. The Morgan fingerprint density at radius 2 is 2.19 bits per heavy atom. The molecule has 3 rings (SSSR count). The quantitative estimate of drug-likeness (QED) is 0.925. The Kier molecular flexibility index (Phi) is 3.13. The predicted molar refractivity (Wildman–Crippen MR) is 80.2 cm³/mol. The van der Waals surface area contributed by atoms with Crippen LogP contribution in [-0.2, 0) is 14.8 Å². The van der Waals surface area contributed by atoms with E-state index < -0.39 is 15.4 Å². The average Bonchev–Trinajstić information content (AvgIpc) is 2.72. The van der Waals surface area contributed by atoms with Crippen LogP contribution in [0.1, 0.15) is 33.1 Å². The monoisotopic (exact) mass is 308 g/mol. The molecule has 2 aliphatic carbocycles. The normalized spacial score (nSPS) is 30.6. The van der Waals surface area contributed by atoms with Crippen molar-refractivity contribution in [1.29, 1.82) is 0 Å². The number of carbonyl (C=O) groups excluding carboxylic acids is 1.